The zero-order valence-electron chi connectivity index (χ0n) is 34.2. The van der Waals surface area contributed by atoms with Gasteiger partial charge in [0.25, 0.3) is 11.8 Å². The van der Waals surface area contributed by atoms with Gasteiger partial charge in [-0.05, 0) is 70.5 Å². The number of imidazole rings is 2. The minimum atomic E-state index is -4.74. The highest BCUT2D eigenvalue weighted by Crippen LogP contribution is 2.45. The molecule has 0 aliphatic rings. The van der Waals surface area contributed by atoms with Gasteiger partial charge in [-0.1, -0.05) is 23.8 Å². The molecule has 0 fully saturated rings. The fraction of sp³-hybridized carbons (Fsp3) is 0.316. The summed E-state index contributed by atoms with van der Waals surface area (Å²) in [6, 6.07) is 8.76. The summed E-state index contributed by atoms with van der Waals surface area (Å²) in [4.78, 5) is 76.7. The highest BCUT2D eigenvalue weighted by atomic mass is 31.2. The molecule has 0 saturated carbocycles. The molecule has 4 amide bonds. The van der Waals surface area contributed by atoms with Crippen LogP contribution in [0.5, 0.6) is 11.5 Å². The summed E-state index contributed by atoms with van der Waals surface area (Å²) in [7, 11) is -3.32. The van der Waals surface area contributed by atoms with Crippen LogP contribution in [0.3, 0.4) is 0 Å². The zero-order valence-corrected chi connectivity index (χ0v) is 35.1. The number of phosphoric ester groups is 1. The first-order valence-electron chi connectivity index (χ1n) is 19.0. The summed E-state index contributed by atoms with van der Waals surface area (Å²) in [6.45, 7) is 9.67. The van der Waals surface area contributed by atoms with Crippen molar-refractivity contribution in [1.29, 1.82) is 0 Å². The molecular weight excluding hydrogens is 815 g/mol. The molecule has 6 rings (SSSR count). The van der Waals surface area contributed by atoms with Gasteiger partial charge in [-0.3, -0.25) is 43.7 Å². The standard InChI is InChI=1S/C38H45N12O10P/c1-7-14-58-61(55,56)60-59-30-20-24(34(40)52)18-26-32(30)48(38(42-26)44-36(54)28-16-22(5)46-50(28)9-3)13-11-10-12-47-31-25(17-23(33(39)51)19-29(31)57-6)41-37(47)43-35(53)27-15-21(4)45-49(27)8-2/h10-11,15-20H,7-9,12-14H2,1-6H3,(H2,39,51)(H2,40,52)(H,55,56)(H,41,43,53)(H,42,44,54). The molecule has 0 bridgehead atoms. The van der Waals surface area contributed by atoms with Gasteiger partial charge < -0.3 is 35.1 Å². The van der Waals surface area contributed by atoms with Gasteiger partial charge in [-0.15, -0.1) is 0 Å². The molecule has 0 aliphatic heterocycles. The number of phosphoric acid groups is 1. The third-order valence-electron chi connectivity index (χ3n) is 9.14. The van der Waals surface area contributed by atoms with Gasteiger partial charge in [0, 0.05) is 37.3 Å². The fourth-order valence-electron chi connectivity index (χ4n) is 6.46. The summed E-state index contributed by atoms with van der Waals surface area (Å²) in [5, 5.41) is 14.4. The lowest BCUT2D eigenvalue weighted by atomic mass is 10.1. The highest BCUT2D eigenvalue weighted by molar-refractivity contribution is 7.47. The van der Waals surface area contributed by atoms with Crippen LogP contribution >= 0.6 is 7.82 Å². The molecule has 0 spiro atoms. The van der Waals surface area contributed by atoms with Crippen molar-refractivity contribution >= 4 is 65.4 Å². The summed E-state index contributed by atoms with van der Waals surface area (Å²) < 4.78 is 34.2. The van der Waals surface area contributed by atoms with E-state index in [0.29, 0.717) is 47.6 Å². The number of aromatic nitrogens is 8. The Labute approximate surface area is 347 Å². The number of ether oxygens (including phenoxy) is 1. The van der Waals surface area contributed by atoms with Crippen molar-refractivity contribution in [2.24, 2.45) is 11.5 Å². The minimum Gasteiger partial charge on any atom is -0.494 e. The van der Waals surface area contributed by atoms with Gasteiger partial charge in [0.2, 0.25) is 23.7 Å². The van der Waals surface area contributed by atoms with Crippen molar-refractivity contribution in [3.63, 3.8) is 0 Å². The average Bonchev–Trinajstić information content (AvgIpc) is 3.99. The number of allylic oxidation sites excluding steroid dienone is 2. The lowest BCUT2D eigenvalue weighted by Gasteiger charge is -2.14. The zero-order chi connectivity index (χ0) is 44.2. The first-order chi connectivity index (χ1) is 29.1. The van der Waals surface area contributed by atoms with Crippen molar-refractivity contribution in [3.8, 4) is 11.5 Å². The molecule has 6 aromatic rings. The number of carbonyl (C=O) groups excluding carboxylic acids is 4. The van der Waals surface area contributed by atoms with E-state index >= 15 is 0 Å². The van der Waals surface area contributed by atoms with E-state index in [9.17, 15) is 28.6 Å². The van der Waals surface area contributed by atoms with E-state index in [4.69, 9.17) is 30.3 Å². The van der Waals surface area contributed by atoms with Crippen molar-refractivity contribution < 1.29 is 47.5 Å². The number of primary amides is 2. The number of benzene rings is 2. The maximum absolute atomic E-state index is 13.7. The van der Waals surface area contributed by atoms with E-state index in [-0.39, 0.29) is 70.9 Å². The third-order valence-corrected chi connectivity index (χ3v) is 9.92. The second kappa shape index (κ2) is 18.2. The molecule has 7 N–H and O–H groups in total. The predicted molar refractivity (Wildman–Crippen MR) is 221 cm³/mol. The van der Waals surface area contributed by atoms with Crippen molar-refractivity contribution in [3.05, 3.63) is 82.5 Å². The number of nitrogens with two attached hydrogens (primary N) is 2. The van der Waals surface area contributed by atoms with Crippen LogP contribution < -0.4 is 31.7 Å². The first kappa shape index (κ1) is 43.7. The maximum Gasteiger partial charge on any atom is 0.508 e. The molecule has 322 valence electrons. The van der Waals surface area contributed by atoms with Crippen LogP contribution in [0.25, 0.3) is 22.1 Å². The van der Waals surface area contributed by atoms with E-state index in [1.165, 1.54) is 40.6 Å². The molecule has 0 aliphatic carbocycles. The molecule has 4 aromatic heterocycles. The van der Waals surface area contributed by atoms with Crippen LogP contribution in [0, 0.1) is 13.8 Å². The topological polar surface area (TPSA) is 290 Å². The second-order valence-electron chi connectivity index (χ2n) is 13.5. The van der Waals surface area contributed by atoms with Crippen LogP contribution in [0.15, 0.2) is 48.6 Å². The normalized spacial score (nSPS) is 12.6. The van der Waals surface area contributed by atoms with Gasteiger partial charge in [0.15, 0.2) is 5.75 Å². The monoisotopic (exact) mass is 860 g/mol. The van der Waals surface area contributed by atoms with E-state index in [1.54, 1.807) is 54.3 Å². The van der Waals surface area contributed by atoms with Crippen molar-refractivity contribution in [2.75, 3.05) is 24.4 Å². The maximum atomic E-state index is 13.7. The lowest BCUT2D eigenvalue weighted by Crippen LogP contribution is -2.20. The third kappa shape index (κ3) is 9.47. The van der Waals surface area contributed by atoms with Crippen molar-refractivity contribution in [2.45, 2.75) is 67.2 Å². The number of hydrogen-bond acceptors (Lipinski definition) is 13. The quantitative estimate of drug-likeness (QED) is 0.0330. The van der Waals surface area contributed by atoms with Crippen LogP contribution in [-0.2, 0) is 39.9 Å². The summed E-state index contributed by atoms with van der Waals surface area (Å²) in [6.07, 6.45) is 3.82. The summed E-state index contributed by atoms with van der Waals surface area (Å²) in [5.74, 6) is -2.52. The molecule has 2 aromatic carbocycles. The van der Waals surface area contributed by atoms with Gasteiger partial charge in [0.1, 0.15) is 28.2 Å². The fourth-order valence-corrected chi connectivity index (χ4v) is 7.09. The number of carbonyl (C=O) groups is 4. The first-order valence-corrected chi connectivity index (χ1v) is 20.5. The number of hydrogen-bond donors (Lipinski definition) is 5. The van der Waals surface area contributed by atoms with E-state index < -0.39 is 31.5 Å². The number of amides is 4. The molecule has 22 nitrogen and oxygen atoms in total. The molecule has 0 saturated heterocycles. The van der Waals surface area contributed by atoms with E-state index in [2.05, 4.69) is 30.8 Å². The molecular formula is C38H45N12O10P. The predicted octanol–water partition coefficient (Wildman–Crippen LogP) is 4.24. The molecule has 61 heavy (non-hydrogen) atoms. The van der Waals surface area contributed by atoms with Gasteiger partial charge in [0.05, 0.1) is 36.1 Å². The van der Waals surface area contributed by atoms with Crippen LogP contribution in [0.2, 0.25) is 0 Å². The Morgan fingerprint density at radius 3 is 1.64 bits per heavy atom. The summed E-state index contributed by atoms with van der Waals surface area (Å²) in [5.41, 5.74) is 14.0. The number of methoxy groups -OCH3 is 1. The Balaban J connectivity index is 1.43. The Morgan fingerprint density at radius 1 is 0.754 bits per heavy atom. The minimum absolute atomic E-state index is 0.0171. The Morgan fingerprint density at radius 2 is 1.21 bits per heavy atom. The van der Waals surface area contributed by atoms with Gasteiger partial charge in [-0.25, -0.2) is 14.5 Å². The Kier molecular flexibility index (Phi) is 13.0. The largest absolute Gasteiger partial charge is 0.508 e. The average molecular weight is 861 g/mol. The summed E-state index contributed by atoms with van der Waals surface area (Å²) >= 11 is 0. The van der Waals surface area contributed by atoms with E-state index in [0.717, 1.165) is 0 Å². The van der Waals surface area contributed by atoms with Crippen molar-refractivity contribution in [1.82, 2.24) is 38.7 Å². The molecule has 4 heterocycles. The second-order valence-corrected chi connectivity index (χ2v) is 14.9. The highest BCUT2D eigenvalue weighted by Gasteiger charge is 2.27. The number of anilines is 2. The van der Waals surface area contributed by atoms with Crippen LogP contribution in [0.1, 0.15) is 80.3 Å². The number of aryl methyl sites for hydroxylation is 4. The smallest absolute Gasteiger partial charge is 0.494 e. The number of nitrogens with one attached hydrogen (secondary N) is 2. The Hall–Kier alpha value is -6.87. The van der Waals surface area contributed by atoms with Crippen LogP contribution in [0.4, 0.5) is 11.9 Å². The van der Waals surface area contributed by atoms with Gasteiger partial charge in [-0.2, -0.15) is 10.2 Å². The van der Waals surface area contributed by atoms with Crippen LogP contribution in [-0.4, -0.2) is 80.9 Å². The number of fused-ring (bicyclic) bond motifs is 2. The number of rotatable bonds is 19. The number of nitrogens with zero attached hydrogens (tertiary/aromatic N) is 8. The molecule has 1 unspecified atom stereocenters. The molecule has 0 radical (unpaired) electrons. The Bertz CT molecular complexity index is 2750. The van der Waals surface area contributed by atoms with Gasteiger partial charge >= 0.3 is 7.82 Å². The molecule has 23 heteroatoms. The molecule has 1 atom stereocenters. The lowest BCUT2D eigenvalue weighted by molar-refractivity contribution is -0.126. The SMILES string of the molecule is CCCOP(=O)(O)OOc1cc(C(N)=O)cc2nc(NC(=O)c3cc(C)nn3CC)n(CC=CCn3c(NC(=O)c4cc(C)nn4CC)nc4cc(C(N)=O)cc(OC)c43)c12. The van der Waals surface area contributed by atoms with E-state index in [1.807, 2.05) is 13.8 Å².